The third-order valence-corrected chi connectivity index (χ3v) is 5.95. The Kier molecular flexibility index (Phi) is 6.39. The van der Waals surface area contributed by atoms with E-state index in [1.54, 1.807) is 29.6 Å². The van der Waals surface area contributed by atoms with Crippen LogP contribution in [0.5, 0.6) is 5.75 Å². The van der Waals surface area contributed by atoms with Gasteiger partial charge >= 0.3 is 0 Å². The number of thiazole rings is 1. The highest BCUT2D eigenvalue weighted by Crippen LogP contribution is 2.31. The average molecular weight is 489 g/mol. The van der Waals surface area contributed by atoms with Crippen molar-refractivity contribution in [1.29, 1.82) is 0 Å². The van der Waals surface area contributed by atoms with Crippen LogP contribution >= 0.6 is 27.3 Å². The Morgan fingerprint density at radius 2 is 2.13 bits per heavy atom. The lowest BCUT2D eigenvalue weighted by molar-refractivity contribution is -0.120. The fraction of sp³-hybridized carbons (Fsp3) is 0.190. The van der Waals surface area contributed by atoms with Crippen molar-refractivity contribution >= 4 is 48.5 Å². The van der Waals surface area contributed by atoms with Crippen LogP contribution in [0.1, 0.15) is 6.42 Å². The molecule has 6 nitrogen and oxygen atoms in total. The van der Waals surface area contributed by atoms with Crippen molar-refractivity contribution in [3.63, 3.8) is 0 Å². The van der Waals surface area contributed by atoms with E-state index in [-0.39, 0.29) is 18.3 Å². The van der Waals surface area contributed by atoms with Gasteiger partial charge in [-0.3, -0.25) is 9.69 Å². The number of hydrogen-bond acceptors (Lipinski definition) is 5. The Morgan fingerprint density at radius 3 is 2.93 bits per heavy atom. The lowest BCUT2D eigenvalue weighted by atomic mass is 10.3. The molecule has 0 spiro atoms. The molecule has 2 aromatic carbocycles. The molecule has 4 rings (SSSR count). The fourth-order valence-electron chi connectivity index (χ4n) is 2.94. The molecule has 0 aliphatic carbocycles. The van der Waals surface area contributed by atoms with Crippen molar-refractivity contribution in [3.05, 3.63) is 71.5 Å². The number of imidazole rings is 1. The van der Waals surface area contributed by atoms with Crippen molar-refractivity contribution < 1.29 is 13.9 Å². The summed E-state index contributed by atoms with van der Waals surface area (Å²) in [6, 6.07) is 11.8. The Hall–Kier alpha value is -2.78. The summed E-state index contributed by atoms with van der Waals surface area (Å²) in [7, 11) is 0. The molecule has 0 saturated heterocycles. The van der Waals surface area contributed by atoms with Crippen LogP contribution in [-0.2, 0) is 11.3 Å². The van der Waals surface area contributed by atoms with Gasteiger partial charge in [-0.25, -0.2) is 14.4 Å². The number of fused-ring (bicyclic) bond motifs is 1. The minimum absolute atomic E-state index is 0.0532. The summed E-state index contributed by atoms with van der Waals surface area (Å²) in [4.78, 5) is 23.2. The fourth-order valence-corrected chi connectivity index (χ4v) is 4.50. The first-order valence-corrected chi connectivity index (χ1v) is 10.9. The second-order valence-corrected chi connectivity index (χ2v) is 8.45. The monoisotopic (exact) mass is 488 g/mol. The predicted octanol–water partition coefficient (Wildman–Crippen LogP) is 4.90. The van der Waals surface area contributed by atoms with Crippen LogP contribution in [0.3, 0.4) is 0 Å². The minimum atomic E-state index is -0.498. The average Bonchev–Trinajstić information content (AvgIpc) is 3.39. The number of carbonyl (C=O) groups is 1. The molecule has 0 unspecified atom stereocenters. The van der Waals surface area contributed by atoms with E-state index in [2.05, 4.69) is 25.9 Å². The number of aryl methyl sites for hydroxylation is 1. The first-order chi connectivity index (χ1) is 14.6. The first kappa shape index (κ1) is 20.5. The second-order valence-electron chi connectivity index (χ2n) is 6.53. The van der Waals surface area contributed by atoms with E-state index in [0.29, 0.717) is 24.6 Å². The van der Waals surface area contributed by atoms with Crippen LogP contribution in [0.25, 0.3) is 10.2 Å². The van der Waals surface area contributed by atoms with Gasteiger partial charge in [-0.2, -0.15) is 0 Å². The summed E-state index contributed by atoms with van der Waals surface area (Å²) in [5.74, 6) is -0.721. The lowest BCUT2D eigenvalue weighted by Crippen LogP contribution is -2.36. The lowest BCUT2D eigenvalue weighted by Gasteiger charge is -2.20. The van der Waals surface area contributed by atoms with Gasteiger partial charge in [0.2, 0.25) is 0 Å². The summed E-state index contributed by atoms with van der Waals surface area (Å²) in [6.45, 7) is 0.901. The molecule has 0 atom stereocenters. The van der Waals surface area contributed by atoms with Gasteiger partial charge in [0.15, 0.2) is 23.3 Å². The van der Waals surface area contributed by atoms with E-state index in [4.69, 9.17) is 4.74 Å². The summed E-state index contributed by atoms with van der Waals surface area (Å²) in [6.07, 6.45) is 6.04. The van der Waals surface area contributed by atoms with Crippen molar-refractivity contribution in [2.24, 2.45) is 0 Å². The van der Waals surface area contributed by atoms with Crippen molar-refractivity contribution in [2.75, 3.05) is 18.1 Å². The molecule has 2 aromatic heterocycles. The Balaban J connectivity index is 1.52. The van der Waals surface area contributed by atoms with E-state index >= 15 is 0 Å². The third-order valence-electron chi connectivity index (χ3n) is 4.42. The molecule has 0 aliphatic rings. The quantitative estimate of drug-likeness (QED) is 0.354. The highest BCUT2D eigenvalue weighted by molar-refractivity contribution is 9.10. The predicted molar refractivity (Wildman–Crippen MR) is 118 cm³/mol. The van der Waals surface area contributed by atoms with Gasteiger partial charge in [-0.1, -0.05) is 39.4 Å². The molecule has 9 heteroatoms. The number of halogens is 2. The number of ether oxygens (including phenoxy) is 1. The number of aromatic nitrogens is 3. The molecular formula is C21H18BrFN4O2S. The molecule has 0 radical (unpaired) electrons. The third kappa shape index (κ3) is 4.85. The number of carbonyl (C=O) groups excluding carboxylic acids is 1. The Labute approximate surface area is 185 Å². The van der Waals surface area contributed by atoms with E-state index in [1.807, 2.05) is 29.0 Å². The number of anilines is 1. The summed E-state index contributed by atoms with van der Waals surface area (Å²) in [5, 5.41) is 0.593. The number of benzene rings is 2. The largest absolute Gasteiger partial charge is 0.481 e. The highest BCUT2D eigenvalue weighted by atomic mass is 79.9. The zero-order valence-corrected chi connectivity index (χ0v) is 18.3. The molecule has 0 saturated carbocycles. The van der Waals surface area contributed by atoms with Crippen LogP contribution < -0.4 is 9.64 Å². The summed E-state index contributed by atoms with van der Waals surface area (Å²) >= 11 is 4.90. The molecule has 0 N–H and O–H groups in total. The number of rotatable bonds is 8. The van der Waals surface area contributed by atoms with Crippen molar-refractivity contribution in [3.8, 4) is 5.75 Å². The van der Waals surface area contributed by atoms with Crippen LogP contribution in [0.2, 0.25) is 0 Å². The van der Waals surface area contributed by atoms with Gasteiger partial charge in [0.25, 0.3) is 5.91 Å². The topological polar surface area (TPSA) is 60.2 Å². The second kappa shape index (κ2) is 9.36. The Morgan fingerprint density at radius 1 is 1.27 bits per heavy atom. The maximum atomic E-state index is 13.8. The van der Waals surface area contributed by atoms with Crippen molar-refractivity contribution in [2.45, 2.75) is 13.0 Å². The van der Waals surface area contributed by atoms with E-state index in [0.717, 1.165) is 14.7 Å². The first-order valence-electron chi connectivity index (χ1n) is 9.30. The van der Waals surface area contributed by atoms with E-state index in [1.165, 1.54) is 23.5 Å². The molecule has 0 fully saturated rings. The zero-order valence-electron chi connectivity index (χ0n) is 15.9. The Bertz CT molecular complexity index is 1150. The van der Waals surface area contributed by atoms with Gasteiger partial charge < -0.3 is 9.30 Å². The van der Waals surface area contributed by atoms with Gasteiger partial charge in [-0.15, -0.1) is 0 Å². The number of nitrogens with zero attached hydrogens (tertiary/aromatic N) is 4. The van der Waals surface area contributed by atoms with E-state index in [9.17, 15) is 9.18 Å². The molecule has 1 amide bonds. The van der Waals surface area contributed by atoms with Gasteiger partial charge in [0.05, 0.1) is 16.5 Å². The van der Waals surface area contributed by atoms with Crippen LogP contribution in [0, 0.1) is 5.82 Å². The molecule has 4 aromatic rings. The number of para-hydroxylation sites is 1. The van der Waals surface area contributed by atoms with Crippen molar-refractivity contribution in [1.82, 2.24) is 14.5 Å². The standard InChI is InChI=1S/C21H18BrFN4O2S/c22-15-6-7-17-19(12-15)30-21(25-17)27(10-3-9-26-11-8-24-14-26)20(28)13-29-18-5-2-1-4-16(18)23/h1-2,4-8,11-12,14H,3,9-10,13H2. The normalized spacial score (nSPS) is 11.0. The molecular weight excluding hydrogens is 471 g/mol. The number of hydrogen-bond donors (Lipinski definition) is 0. The van der Waals surface area contributed by atoms with Crippen LogP contribution in [0.15, 0.2) is 65.7 Å². The minimum Gasteiger partial charge on any atom is -0.481 e. The SMILES string of the molecule is O=C(COc1ccccc1F)N(CCCn1ccnc1)c1nc2ccc(Br)cc2s1. The maximum Gasteiger partial charge on any atom is 0.266 e. The zero-order chi connectivity index (χ0) is 20.9. The van der Waals surface area contributed by atoms with Gasteiger partial charge in [-0.05, 0) is 36.8 Å². The molecule has 0 bridgehead atoms. The van der Waals surface area contributed by atoms with Gasteiger partial charge in [0, 0.05) is 30.0 Å². The summed E-state index contributed by atoms with van der Waals surface area (Å²) in [5.41, 5.74) is 0.820. The summed E-state index contributed by atoms with van der Waals surface area (Å²) < 4.78 is 23.1. The molecule has 154 valence electrons. The van der Waals surface area contributed by atoms with Gasteiger partial charge in [0.1, 0.15) is 0 Å². The highest BCUT2D eigenvalue weighted by Gasteiger charge is 2.21. The van der Waals surface area contributed by atoms with Crippen LogP contribution in [0.4, 0.5) is 9.52 Å². The molecule has 30 heavy (non-hydrogen) atoms. The molecule has 0 aliphatic heterocycles. The molecule has 2 heterocycles. The smallest absolute Gasteiger partial charge is 0.266 e. The number of amides is 1. The van der Waals surface area contributed by atoms with E-state index < -0.39 is 5.82 Å². The maximum absolute atomic E-state index is 13.8. The van der Waals surface area contributed by atoms with Crippen LogP contribution in [-0.4, -0.2) is 33.6 Å².